The first-order valence-corrected chi connectivity index (χ1v) is 6.97. The molecule has 2 atom stereocenters. The third-order valence-corrected chi connectivity index (χ3v) is 3.96. The van der Waals surface area contributed by atoms with Gasteiger partial charge in [0.2, 0.25) is 5.91 Å². The fourth-order valence-electron chi connectivity index (χ4n) is 2.58. The Hall–Kier alpha value is -2.10. The maximum absolute atomic E-state index is 12.1. The summed E-state index contributed by atoms with van der Waals surface area (Å²) < 4.78 is 1.82. The van der Waals surface area contributed by atoms with E-state index < -0.39 is 0 Å². The monoisotopic (exact) mass is 269 g/mol. The predicted octanol–water partition coefficient (Wildman–Crippen LogP) is 2.15. The van der Waals surface area contributed by atoms with Crippen molar-refractivity contribution in [2.75, 3.05) is 0 Å². The minimum absolute atomic E-state index is 0.127. The van der Waals surface area contributed by atoms with Crippen LogP contribution in [-0.4, -0.2) is 15.7 Å². The Kier molecular flexibility index (Phi) is 3.30. The van der Waals surface area contributed by atoms with Gasteiger partial charge in [-0.25, -0.2) is 0 Å². The molecular formula is C16H19N3O. The lowest BCUT2D eigenvalue weighted by molar-refractivity contribution is -0.122. The van der Waals surface area contributed by atoms with Gasteiger partial charge in [0.25, 0.3) is 0 Å². The van der Waals surface area contributed by atoms with Gasteiger partial charge in [0, 0.05) is 18.7 Å². The lowest BCUT2D eigenvalue weighted by Crippen LogP contribution is -2.25. The Morgan fingerprint density at radius 2 is 2.15 bits per heavy atom. The Labute approximate surface area is 118 Å². The highest BCUT2D eigenvalue weighted by Gasteiger charge is 2.43. The Balaban J connectivity index is 1.54. The fraction of sp³-hybridized carbons (Fsp3) is 0.375. The molecule has 2 unspecified atom stereocenters. The molecule has 0 bridgehead atoms. The van der Waals surface area contributed by atoms with Crippen LogP contribution in [0.4, 0.5) is 0 Å². The van der Waals surface area contributed by atoms with Crippen LogP contribution in [0.3, 0.4) is 0 Å². The summed E-state index contributed by atoms with van der Waals surface area (Å²) in [7, 11) is 1.91. The molecular weight excluding hydrogens is 250 g/mol. The minimum Gasteiger partial charge on any atom is -0.350 e. The number of carbonyl (C=O) groups excluding carboxylic acids is 1. The van der Waals surface area contributed by atoms with Gasteiger partial charge in [0.15, 0.2) is 0 Å². The second-order valence-corrected chi connectivity index (χ2v) is 5.48. The highest BCUT2D eigenvalue weighted by Crippen LogP contribution is 2.47. The van der Waals surface area contributed by atoms with E-state index in [2.05, 4.69) is 22.5 Å². The number of aromatic nitrogens is 2. The summed E-state index contributed by atoms with van der Waals surface area (Å²) in [4.78, 5) is 12.1. The summed E-state index contributed by atoms with van der Waals surface area (Å²) >= 11 is 0. The van der Waals surface area contributed by atoms with Crippen molar-refractivity contribution in [3.63, 3.8) is 0 Å². The Morgan fingerprint density at radius 3 is 2.80 bits per heavy atom. The number of aryl methyl sites for hydroxylation is 2. The molecule has 1 heterocycles. The summed E-state index contributed by atoms with van der Waals surface area (Å²) in [6.07, 6.45) is 0.955. The summed E-state index contributed by atoms with van der Waals surface area (Å²) in [5, 5.41) is 7.33. The SMILES string of the molecule is Cc1cc(CNC(=O)C2CC2c2ccccc2)nn1C. The zero-order valence-corrected chi connectivity index (χ0v) is 11.8. The zero-order valence-electron chi connectivity index (χ0n) is 11.8. The molecule has 1 aromatic carbocycles. The topological polar surface area (TPSA) is 46.9 Å². The van der Waals surface area contributed by atoms with E-state index in [0.29, 0.717) is 12.5 Å². The molecule has 2 aromatic rings. The molecule has 1 aliphatic rings. The number of carbonyl (C=O) groups is 1. The molecule has 0 saturated heterocycles. The van der Waals surface area contributed by atoms with Crippen LogP contribution in [0.2, 0.25) is 0 Å². The van der Waals surface area contributed by atoms with Gasteiger partial charge in [-0.1, -0.05) is 30.3 Å². The number of nitrogens with zero attached hydrogens (tertiary/aromatic N) is 2. The van der Waals surface area contributed by atoms with Crippen LogP contribution in [-0.2, 0) is 18.4 Å². The maximum Gasteiger partial charge on any atom is 0.224 e. The van der Waals surface area contributed by atoms with Crippen molar-refractivity contribution in [2.24, 2.45) is 13.0 Å². The van der Waals surface area contributed by atoms with Crippen LogP contribution in [0.25, 0.3) is 0 Å². The molecule has 104 valence electrons. The molecule has 4 heteroatoms. The largest absolute Gasteiger partial charge is 0.350 e. The maximum atomic E-state index is 12.1. The first kappa shape index (κ1) is 12.9. The minimum atomic E-state index is 0.127. The predicted molar refractivity (Wildman–Crippen MR) is 77.1 cm³/mol. The summed E-state index contributed by atoms with van der Waals surface area (Å²) in [6, 6.07) is 12.3. The van der Waals surface area contributed by atoms with E-state index in [-0.39, 0.29) is 11.8 Å². The number of rotatable bonds is 4. The standard InChI is InChI=1S/C16H19N3O/c1-11-8-13(18-19(11)2)10-17-16(20)15-9-14(15)12-6-4-3-5-7-12/h3-8,14-15H,9-10H2,1-2H3,(H,17,20). The van der Waals surface area contributed by atoms with Crippen LogP contribution in [0, 0.1) is 12.8 Å². The summed E-state index contributed by atoms with van der Waals surface area (Å²) in [5.74, 6) is 0.658. The summed E-state index contributed by atoms with van der Waals surface area (Å²) in [5.41, 5.74) is 3.28. The molecule has 1 aromatic heterocycles. The van der Waals surface area contributed by atoms with Gasteiger partial charge in [0.05, 0.1) is 12.2 Å². The molecule has 20 heavy (non-hydrogen) atoms. The molecule has 1 amide bonds. The number of benzene rings is 1. The normalized spacial score (nSPS) is 20.7. The van der Waals surface area contributed by atoms with Crippen molar-refractivity contribution in [1.82, 2.24) is 15.1 Å². The average molecular weight is 269 g/mol. The van der Waals surface area contributed by atoms with Gasteiger partial charge in [-0.2, -0.15) is 5.10 Å². The molecule has 1 aliphatic carbocycles. The molecule has 0 spiro atoms. The highest BCUT2D eigenvalue weighted by atomic mass is 16.2. The number of nitrogens with one attached hydrogen (secondary N) is 1. The molecule has 1 fully saturated rings. The van der Waals surface area contributed by atoms with E-state index in [0.717, 1.165) is 17.8 Å². The smallest absolute Gasteiger partial charge is 0.224 e. The Bertz CT molecular complexity index is 598. The van der Waals surface area contributed by atoms with Gasteiger partial charge in [-0.15, -0.1) is 0 Å². The van der Waals surface area contributed by atoms with Crippen LogP contribution in [0.15, 0.2) is 36.4 Å². The van der Waals surface area contributed by atoms with E-state index >= 15 is 0 Å². The van der Waals surface area contributed by atoms with E-state index in [4.69, 9.17) is 0 Å². The van der Waals surface area contributed by atoms with Gasteiger partial charge in [-0.05, 0) is 30.9 Å². The van der Waals surface area contributed by atoms with Crippen LogP contribution < -0.4 is 5.32 Å². The zero-order chi connectivity index (χ0) is 14.1. The van der Waals surface area contributed by atoms with Crippen molar-refractivity contribution < 1.29 is 4.79 Å². The second kappa shape index (κ2) is 5.12. The number of amides is 1. The van der Waals surface area contributed by atoms with E-state index in [1.807, 2.05) is 42.9 Å². The van der Waals surface area contributed by atoms with Crippen molar-refractivity contribution in [1.29, 1.82) is 0 Å². The van der Waals surface area contributed by atoms with Crippen LogP contribution in [0.5, 0.6) is 0 Å². The molecule has 1 N–H and O–H groups in total. The van der Waals surface area contributed by atoms with Gasteiger partial charge in [0.1, 0.15) is 0 Å². The van der Waals surface area contributed by atoms with E-state index in [1.54, 1.807) is 0 Å². The van der Waals surface area contributed by atoms with E-state index in [1.165, 1.54) is 5.56 Å². The third-order valence-electron chi connectivity index (χ3n) is 3.96. The van der Waals surface area contributed by atoms with Crippen LogP contribution in [0.1, 0.15) is 29.3 Å². The summed E-state index contributed by atoms with van der Waals surface area (Å²) in [6.45, 7) is 2.52. The molecule has 3 rings (SSSR count). The quantitative estimate of drug-likeness (QED) is 0.924. The van der Waals surface area contributed by atoms with Gasteiger partial charge < -0.3 is 5.32 Å². The molecule has 4 nitrogen and oxygen atoms in total. The van der Waals surface area contributed by atoms with Gasteiger partial charge in [-0.3, -0.25) is 9.48 Å². The number of hydrogen-bond donors (Lipinski definition) is 1. The van der Waals surface area contributed by atoms with E-state index in [9.17, 15) is 4.79 Å². The van der Waals surface area contributed by atoms with Gasteiger partial charge >= 0.3 is 0 Å². The average Bonchev–Trinajstić information content (AvgIpc) is 3.19. The number of hydrogen-bond acceptors (Lipinski definition) is 2. The van der Waals surface area contributed by atoms with Crippen molar-refractivity contribution >= 4 is 5.91 Å². The molecule has 1 saturated carbocycles. The second-order valence-electron chi connectivity index (χ2n) is 5.48. The fourth-order valence-corrected chi connectivity index (χ4v) is 2.58. The first-order chi connectivity index (χ1) is 9.65. The molecule has 0 radical (unpaired) electrons. The van der Waals surface area contributed by atoms with Crippen molar-refractivity contribution in [2.45, 2.75) is 25.8 Å². The molecule has 0 aliphatic heterocycles. The Morgan fingerprint density at radius 1 is 1.40 bits per heavy atom. The lowest BCUT2D eigenvalue weighted by atomic mass is 10.1. The van der Waals surface area contributed by atoms with Crippen molar-refractivity contribution in [3.8, 4) is 0 Å². The van der Waals surface area contributed by atoms with Crippen LogP contribution >= 0.6 is 0 Å². The van der Waals surface area contributed by atoms with Crippen molar-refractivity contribution in [3.05, 3.63) is 53.3 Å². The first-order valence-electron chi connectivity index (χ1n) is 6.97. The third kappa shape index (κ3) is 2.59. The lowest BCUT2D eigenvalue weighted by Gasteiger charge is -2.03. The highest BCUT2D eigenvalue weighted by molar-refractivity contribution is 5.82.